The molecule has 0 aliphatic rings. The summed E-state index contributed by atoms with van der Waals surface area (Å²) in [4.78, 5) is 0. The first-order valence-corrected chi connectivity index (χ1v) is 9.78. The number of unbranched alkanes of at least 4 members (excludes halogenated alkanes) is 1. The van der Waals surface area contributed by atoms with Crippen molar-refractivity contribution in [2.24, 2.45) is 0 Å². The molecule has 3 nitrogen and oxygen atoms in total. The maximum absolute atomic E-state index is 8.60. The molecule has 0 N–H and O–H groups in total. The van der Waals surface area contributed by atoms with Gasteiger partial charge in [0.2, 0.25) is 0 Å². The summed E-state index contributed by atoms with van der Waals surface area (Å²) in [5.41, 5.74) is 0. The predicted octanol–water partition coefficient (Wildman–Crippen LogP) is 1.42. The number of hydrogen-bond acceptors (Lipinski definition) is 3. The molecule has 0 saturated carbocycles. The first-order valence-electron chi connectivity index (χ1n) is 3.48. The quantitative estimate of drug-likeness (QED) is 0.715. The number of rotatable bonds is 3. The monoisotopic (exact) mass is 255 g/mol. The Kier molecular flexibility index (Phi) is 4.66. The summed E-state index contributed by atoms with van der Waals surface area (Å²) in [6, 6.07) is 0. The SMILES string of the molecule is CCC[CH2][Sn]([C]#N)([C]#N)[C]#N. The third kappa shape index (κ3) is 2.78. The van der Waals surface area contributed by atoms with Gasteiger partial charge in [-0.15, -0.1) is 0 Å². The maximum atomic E-state index is 8.60. The van der Waals surface area contributed by atoms with Crippen molar-refractivity contribution in [2.75, 3.05) is 0 Å². The van der Waals surface area contributed by atoms with Gasteiger partial charge in [-0.1, -0.05) is 0 Å². The van der Waals surface area contributed by atoms with E-state index in [1.807, 2.05) is 19.2 Å². The molecule has 0 aromatic rings. The first-order chi connectivity index (χ1) is 5.24. The molecular weight excluding hydrogens is 245 g/mol. The molecule has 0 fully saturated rings. The predicted molar refractivity (Wildman–Crippen MR) is 42.3 cm³/mol. The van der Waals surface area contributed by atoms with Gasteiger partial charge in [0.15, 0.2) is 0 Å². The van der Waals surface area contributed by atoms with E-state index in [9.17, 15) is 0 Å². The molecule has 0 spiro atoms. The summed E-state index contributed by atoms with van der Waals surface area (Å²) in [5, 5.41) is 25.8. The summed E-state index contributed by atoms with van der Waals surface area (Å²) in [5.74, 6) is 0. The van der Waals surface area contributed by atoms with Gasteiger partial charge in [0.1, 0.15) is 0 Å². The van der Waals surface area contributed by atoms with Crippen molar-refractivity contribution >= 4 is 18.4 Å². The van der Waals surface area contributed by atoms with Gasteiger partial charge in [-0.3, -0.25) is 0 Å². The molecule has 0 aliphatic heterocycles. The van der Waals surface area contributed by atoms with Crippen LogP contribution in [0.5, 0.6) is 0 Å². The molecule has 0 saturated heterocycles. The minimum atomic E-state index is -3.55. The van der Waals surface area contributed by atoms with Gasteiger partial charge in [-0.2, -0.15) is 0 Å². The van der Waals surface area contributed by atoms with Crippen LogP contribution in [0.3, 0.4) is 0 Å². The van der Waals surface area contributed by atoms with Gasteiger partial charge >= 0.3 is 70.6 Å². The zero-order valence-electron chi connectivity index (χ0n) is 6.46. The van der Waals surface area contributed by atoms with Crippen LogP contribution < -0.4 is 0 Å². The first kappa shape index (κ1) is 10.3. The molecule has 4 heteroatoms. The van der Waals surface area contributed by atoms with Crippen LogP contribution in [0.1, 0.15) is 19.8 Å². The third-order valence-corrected chi connectivity index (χ3v) is 7.90. The van der Waals surface area contributed by atoms with Crippen LogP contribution in [0.4, 0.5) is 0 Å². The van der Waals surface area contributed by atoms with E-state index in [4.69, 9.17) is 15.8 Å². The van der Waals surface area contributed by atoms with E-state index in [0.29, 0.717) is 4.44 Å². The number of nitriles is 3. The normalized spacial score (nSPS) is 9.27. The topological polar surface area (TPSA) is 71.4 Å². The molecule has 0 aliphatic carbocycles. The average molecular weight is 254 g/mol. The summed E-state index contributed by atoms with van der Waals surface area (Å²) < 4.78 is 6.38. The van der Waals surface area contributed by atoms with Gasteiger partial charge in [-0.25, -0.2) is 0 Å². The van der Waals surface area contributed by atoms with Crippen molar-refractivity contribution in [3.63, 3.8) is 0 Å². The Morgan fingerprint density at radius 1 is 1.09 bits per heavy atom. The van der Waals surface area contributed by atoms with Crippen molar-refractivity contribution in [1.82, 2.24) is 0 Å². The fourth-order valence-corrected chi connectivity index (χ4v) is 4.59. The van der Waals surface area contributed by atoms with E-state index < -0.39 is 18.4 Å². The standard InChI is InChI=1S/C4H9.3CN.Sn/c1-3-4-2;3*1-2;/h1,3-4H2,2H3;;;;. The van der Waals surface area contributed by atoms with Crippen LogP contribution in [0, 0.1) is 28.0 Å². The van der Waals surface area contributed by atoms with E-state index >= 15 is 0 Å². The minimum absolute atomic E-state index is 0.564. The van der Waals surface area contributed by atoms with Gasteiger partial charge < -0.3 is 0 Å². The molecule has 0 amide bonds. The Morgan fingerprint density at radius 3 is 1.82 bits per heavy atom. The van der Waals surface area contributed by atoms with E-state index in [0.717, 1.165) is 12.8 Å². The van der Waals surface area contributed by atoms with Crippen LogP contribution in [-0.4, -0.2) is 18.4 Å². The van der Waals surface area contributed by atoms with E-state index in [2.05, 4.69) is 0 Å². The Labute approximate surface area is 70.7 Å². The molecule has 0 radical (unpaired) electrons. The second-order valence-electron chi connectivity index (χ2n) is 2.34. The molecule has 0 bridgehead atoms. The van der Waals surface area contributed by atoms with Gasteiger partial charge in [0.05, 0.1) is 0 Å². The van der Waals surface area contributed by atoms with Crippen LogP contribution in [0.25, 0.3) is 0 Å². The van der Waals surface area contributed by atoms with Crippen LogP contribution in [-0.2, 0) is 0 Å². The molecule has 56 valence electrons. The third-order valence-electron chi connectivity index (χ3n) is 1.48. The van der Waals surface area contributed by atoms with Crippen molar-refractivity contribution in [3.8, 4) is 12.3 Å². The molecule has 0 heterocycles. The summed E-state index contributed by atoms with van der Waals surface area (Å²) in [7, 11) is 0. The van der Waals surface area contributed by atoms with Crippen LogP contribution in [0.2, 0.25) is 4.44 Å². The molecule has 0 rings (SSSR count). The molecular formula is C7H9N3Sn. The summed E-state index contributed by atoms with van der Waals surface area (Å²) >= 11 is -3.55. The second kappa shape index (κ2) is 4.99. The zero-order chi connectivity index (χ0) is 8.74. The van der Waals surface area contributed by atoms with Crippen LogP contribution in [0.15, 0.2) is 0 Å². The molecule has 0 aromatic carbocycles. The molecule has 11 heavy (non-hydrogen) atoms. The number of hydrogen-bond donors (Lipinski definition) is 0. The summed E-state index contributed by atoms with van der Waals surface area (Å²) in [6.45, 7) is 1.99. The fourth-order valence-electron chi connectivity index (χ4n) is 0.685. The second-order valence-corrected chi connectivity index (χ2v) is 10.9. The fraction of sp³-hybridized carbons (Fsp3) is 0.571. The van der Waals surface area contributed by atoms with Crippen molar-refractivity contribution in [1.29, 1.82) is 15.8 Å². The van der Waals surface area contributed by atoms with Crippen LogP contribution >= 0.6 is 0 Å². The van der Waals surface area contributed by atoms with Gasteiger partial charge in [0, 0.05) is 0 Å². The Bertz CT molecular complexity index is 204. The van der Waals surface area contributed by atoms with E-state index in [1.165, 1.54) is 0 Å². The summed E-state index contributed by atoms with van der Waals surface area (Å²) in [6.07, 6.45) is 1.79. The average Bonchev–Trinajstić information content (AvgIpc) is 2.08. The van der Waals surface area contributed by atoms with Gasteiger partial charge in [-0.05, 0) is 0 Å². The van der Waals surface area contributed by atoms with Crippen molar-refractivity contribution in [3.05, 3.63) is 0 Å². The Balaban J connectivity index is 4.28. The Morgan fingerprint density at radius 2 is 1.55 bits per heavy atom. The van der Waals surface area contributed by atoms with E-state index in [1.54, 1.807) is 0 Å². The van der Waals surface area contributed by atoms with Gasteiger partial charge in [0.25, 0.3) is 0 Å². The zero-order valence-corrected chi connectivity index (χ0v) is 9.32. The number of nitrogens with zero attached hydrogens (tertiary/aromatic N) is 3. The molecule has 0 aromatic heterocycles. The van der Waals surface area contributed by atoms with Crippen molar-refractivity contribution in [2.45, 2.75) is 24.2 Å². The molecule has 0 atom stereocenters. The molecule has 0 unspecified atom stereocenters. The Hall–Kier alpha value is -0.731. The van der Waals surface area contributed by atoms with Crippen molar-refractivity contribution < 1.29 is 0 Å². The van der Waals surface area contributed by atoms with E-state index in [-0.39, 0.29) is 0 Å².